The summed E-state index contributed by atoms with van der Waals surface area (Å²) in [6.45, 7) is 5.67. The summed E-state index contributed by atoms with van der Waals surface area (Å²) in [4.78, 5) is 21.4. The summed E-state index contributed by atoms with van der Waals surface area (Å²) >= 11 is 0. The lowest BCUT2D eigenvalue weighted by Gasteiger charge is -2.31. The monoisotopic (exact) mass is 295 g/mol. The highest BCUT2D eigenvalue weighted by Gasteiger charge is 2.22. The second-order valence-electron chi connectivity index (χ2n) is 4.97. The molecule has 1 fully saturated rings. The van der Waals surface area contributed by atoms with Crippen molar-refractivity contribution < 1.29 is 19.4 Å². The lowest BCUT2D eigenvalue weighted by atomic mass is 10.1. The van der Waals surface area contributed by atoms with Gasteiger partial charge in [-0.05, 0) is 26.7 Å². The van der Waals surface area contributed by atoms with Crippen LogP contribution in [0.1, 0.15) is 25.5 Å². The molecule has 2 rings (SSSR count). The molecule has 1 aliphatic rings. The maximum absolute atomic E-state index is 10.5. The predicted octanol–water partition coefficient (Wildman–Crippen LogP) is 1.25. The van der Waals surface area contributed by atoms with Gasteiger partial charge in [-0.1, -0.05) is 0 Å². The van der Waals surface area contributed by atoms with Crippen molar-refractivity contribution in [2.45, 2.75) is 32.8 Å². The maximum Gasteiger partial charge on any atom is 0.329 e. The van der Waals surface area contributed by atoms with Gasteiger partial charge in [0.2, 0.25) is 11.8 Å². The van der Waals surface area contributed by atoms with E-state index < -0.39 is 5.97 Å². The van der Waals surface area contributed by atoms with Crippen molar-refractivity contribution in [1.82, 2.24) is 9.97 Å². The van der Waals surface area contributed by atoms with Gasteiger partial charge in [-0.15, -0.1) is 0 Å². The minimum absolute atomic E-state index is 0.00600. The van der Waals surface area contributed by atoms with Crippen LogP contribution in [0.5, 0.6) is 5.88 Å². The van der Waals surface area contributed by atoms with E-state index in [1.807, 2.05) is 19.9 Å². The second-order valence-corrected chi connectivity index (χ2v) is 4.97. The summed E-state index contributed by atoms with van der Waals surface area (Å²) in [5.74, 6) is 0.320. The van der Waals surface area contributed by atoms with E-state index in [4.69, 9.17) is 14.6 Å². The van der Waals surface area contributed by atoms with Crippen LogP contribution in [-0.2, 0) is 9.53 Å². The van der Waals surface area contributed by atoms with Gasteiger partial charge in [-0.3, -0.25) is 0 Å². The third-order valence-corrected chi connectivity index (χ3v) is 3.28. The van der Waals surface area contributed by atoms with Crippen molar-refractivity contribution >= 4 is 11.9 Å². The fourth-order valence-corrected chi connectivity index (χ4v) is 2.30. The fraction of sp³-hybridized carbons (Fsp3) is 0.643. The van der Waals surface area contributed by atoms with Gasteiger partial charge >= 0.3 is 5.97 Å². The van der Waals surface area contributed by atoms with Crippen molar-refractivity contribution in [3.63, 3.8) is 0 Å². The van der Waals surface area contributed by atoms with E-state index in [9.17, 15) is 4.79 Å². The number of carbonyl (C=O) groups is 1. The Bertz CT molecular complexity index is 487. The van der Waals surface area contributed by atoms with Crippen LogP contribution in [0, 0.1) is 6.92 Å². The fourth-order valence-electron chi connectivity index (χ4n) is 2.30. The van der Waals surface area contributed by atoms with E-state index in [-0.39, 0.29) is 12.7 Å². The van der Waals surface area contributed by atoms with Crippen LogP contribution in [0.15, 0.2) is 6.07 Å². The standard InChI is InChI=1S/C14H21N3O4/c1-3-20-12-8-10(2)15-14(16-12)17-6-4-11(5-7-17)21-9-13(18)19/h8,11H,3-7,9H2,1-2H3,(H,18,19). The molecule has 1 saturated heterocycles. The van der Waals surface area contributed by atoms with Gasteiger partial charge < -0.3 is 19.5 Å². The number of carboxylic acids is 1. The zero-order valence-electron chi connectivity index (χ0n) is 12.4. The van der Waals surface area contributed by atoms with Crippen LogP contribution in [0.2, 0.25) is 0 Å². The highest BCUT2D eigenvalue weighted by Crippen LogP contribution is 2.21. The molecule has 7 heteroatoms. The molecule has 7 nitrogen and oxygen atoms in total. The normalized spacial score (nSPS) is 16.0. The molecule has 0 saturated carbocycles. The van der Waals surface area contributed by atoms with E-state index >= 15 is 0 Å². The number of anilines is 1. The van der Waals surface area contributed by atoms with Gasteiger partial charge in [0.05, 0.1) is 12.7 Å². The number of aromatic nitrogens is 2. The molecular weight excluding hydrogens is 274 g/mol. The Labute approximate surface area is 123 Å². The maximum atomic E-state index is 10.5. The van der Waals surface area contributed by atoms with Crippen LogP contribution < -0.4 is 9.64 Å². The molecule has 0 aliphatic carbocycles. The molecule has 1 aromatic rings. The van der Waals surface area contributed by atoms with Crippen molar-refractivity contribution in [3.05, 3.63) is 11.8 Å². The summed E-state index contributed by atoms with van der Waals surface area (Å²) in [6.07, 6.45) is 1.54. The summed E-state index contributed by atoms with van der Waals surface area (Å²) in [6, 6.07) is 1.82. The Morgan fingerprint density at radius 1 is 1.43 bits per heavy atom. The topological polar surface area (TPSA) is 84.8 Å². The van der Waals surface area contributed by atoms with Gasteiger partial charge in [0.15, 0.2) is 0 Å². The van der Waals surface area contributed by atoms with E-state index in [1.54, 1.807) is 0 Å². The van der Waals surface area contributed by atoms with Gasteiger partial charge in [-0.25, -0.2) is 9.78 Å². The van der Waals surface area contributed by atoms with Crippen molar-refractivity contribution in [1.29, 1.82) is 0 Å². The number of hydrogen-bond acceptors (Lipinski definition) is 6. The average molecular weight is 295 g/mol. The zero-order chi connectivity index (χ0) is 15.2. The third kappa shape index (κ3) is 4.56. The summed E-state index contributed by atoms with van der Waals surface area (Å²) < 4.78 is 10.8. The molecule has 1 aliphatic heterocycles. The first-order valence-electron chi connectivity index (χ1n) is 7.15. The SMILES string of the molecule is CCOc1cc(C)nc(N2CCC(OCC(=O)O)CC2)n1. The highest BCUT2D eigenvalue weighted by molar-refractivity contribution is 5.68. The molecule has 116 valence electrons. The van der Waals surface area contributed by atoms with E-state index in [2.05, 4.69) is 14.9 Å². The number of carboxylic acid groups (broad SMARTS) is 1. The molecule has 0 radical (unpaired) electrons. The Balaban J connectivity index is 1.94. The Morgan fingerprint density at radius 2 is 2.14 bits per heavy atom. The molecule has 2 heterocycles. The van der Waals surface area contributed by atoms with Crippen molar-refractivity contribution in [3.8, 4) is 5.88 Å². The van der Waals surface area contributed by atoms with Crippen LogP contribution in [0.25, 0.3) is 0 Å². The number of rotatable bonds is 6. The van der Waals surface area contributed by atoms with Crippen LogP contribution in [-0.4, -0.2) is 53.5 Å². The van der Waals surface area contributed by atoms with Crippen LogP contribution in [0.3, 0.4) is 0 Å². The molecule has 21 heavy (non-hydrogen) atoms. The summed E-state index contributed by atoms with van der Waals surface area (Å²) in [5, 5.41) is 8.62. The number of hydrogen-bond donors (Lipinski definition) is 1. The Kier molecular flexibility index (Phi) is 5.32. The molecule has 0 aromatic carbocycles. The van der Waals surface area contributed by atoms with Crippen LogP contribution in [0.4, 0.5) is 5.95 Å². The van der Waals surface area contributed by atoms with Gasteiger partial charge in [0, 0.05) is 24.8 Å². The number of ether oxygens (including phenoxy) is 2. The Hall–Kier alpha value is -1.89. The Morgan fingerprint density at radius 3 is 2.76 bits per heavy atom. The molecule has 0 amide bonds. The minimum Gasteiger partial charge on any atom is -0.480 e. The smallest absolute Gasteiger partial charge is 0.329 e. The third-order valence-electron chi connectivity index (χ3n) is 3.28. The summed E-state index contributed by atoms with van der Waals surface area (Å²) in [7, 11) is 0. The van der Waals surface area contributed by atoms with E-state index in [0.29, 0.717) is 18.4 Å². The van der Waals surface area contributed by atoms with Crippen molar-refractivity contribution in [2.24, 2.45) is 0 Å². The molecule has 1 aromatic heterocycles. The second kappa shape index (κ2) is 7.21. The summed E-state index contributed by atoms with van der Waals surface area (Å²) in [5.41, 5.74) is 0.868. The molecule has 0 spiro atoms. The van der Waals surface area contributed by atoms with E-state index in [1.165, 1.54) is 0 Å². The lowest BCUT2D eigenvalue weighted by Crippen LogP contribution is -2.38. The molecule has 0 atom stereocenters. The first-order chi connectivity index (χ1) is 10.1. The van der Waals surface area contributed by atoms with E-state index in [0.717, 1.165) is 31.6 Å². The number of aliphatic carboxylic acids is 1. The van der Waals surface area contributed by atoms with Gasteiger partial charge in [-0.2, -0.15) is 4.98 Å². The first kappa shape index (κ1) is 15.5. The molecule has 0 bridgehead atoms. The lowest BCUT2D eigenvalue weighted by molar-refractivity contribution is -0.144. The zero-order valence-corrected chi connectivity index (χ0v) is 12.4. The van der Waals surface area contributed by atoms with Crippen molar-refractivity contribution in [2.75, 3.05) is 31.2 Å². The van der Waals surface area contributed by atoms with Gasteiger partial charge in [0.1, 0.15) is 6.61 Å². The van der Waals surface area contributed by atoms with Crippen LogP contribution >= 0.6 is 0 Å². The number of aryl methyl sites for hydroxylation is 1. The quantitative estimate of drug-likeness (QED) is 0.845. The molecular formula is C14H21N3O4. The highest BCUT2D eigenvalue weighted by atomic mass is 16.5. The number of piperidine rings is 1. The average Bonchev–Trinajstić information content (AvgIpc) is 2.45. The molecule has 0 unspecified atom stereocenters. The largest absolute Gasteiger partial charge is 0.480 e. The van der Waals surface area contributed by atoms with Gasteiger partial charge in [0.25, 0.3) is 0 Å². The number of nitrogens with zero attached hydrogens (tertiary/aromatic N) is 3. The predicted molar refractivity (Wildman–Crippen MR) is 76.8 cm³/mol. The molecule has 1 N–H and O–H groups in total. The first-order valence-corrected chi connectivity index (χ1v) is 7.15. The minimum atomic E-state index is -0.930.